The van der Waals surface area contributed by atoms with E-state index in [0.29, 0.717) is 12.5 Å². The molecule has 1 saturated heterocycles. The minimum Gasteiger partial charge on any atom is -0.355 e. The van der Waals surface area contributed by atoms with Crippen molar-refractivity contribution in [3.8, 4) is 0 Å². The van der Waals surface area contributed by atoms with Crippen molar-refractivity contribution in [3.63, 3.8) is 0 Å². The number of amides is 1. The molecule has 0 saturated carbocycles. The van der Waals surface area contributed by atoms with Gasteiger partial charge >= 0.3 is 0 Å². The highest BCUT2D eigenvalue weighted by molar-refractivity contribution is 7.91. The topological polar surface area (TPSA) is 78.5 Å². The molecule has 1 fully saturated rings. The van der Waals surface area contributed by atoms with Gasteiger partial charge in [-0.15, -0.1) is 0 Å². The van der Waals surface area contributed by atoms with Gasteiger partial charge in [-0.05, 0) is 13.0 Å². The number of carbonyl (C=O) groups excluding carboxylic acids is 1. The van der Waals surface area contributed by atoms with Gasteiger partial charge in [-0.1, -0.05) is 13.8 Å². The SMILES string of the molecule is CNCCS(=O)(=O)CCNC(=O)C1CN(CC(C)C)C1. The molecule has 1 amide bonds. The third-order valence-corrected chi connectivity index (χ3v) is 4.98. The van der Waals surface area contributed by atoms with Crippen molar-refractivity contribution in [1.82, 2.24) is 15.5 Å². The molecule has 1 heterocycles. The lowest BCUT2D eigenvalue weighted by molar-refractivity contribution is -0.130. The fourth-order valence-electron chi connectivity index (χ4n) is 2.23. The summed E-state index contributed by atoms with van der Waals surface area (Å²) in [6.07, 6.45) is 0. The Morgan fingerprint density at radius 2 is 1.85 bits per heavy atom. The van der Waals surface area contributed by atoms with Crippen LogP contribution in [0.2, 0.25) is 0 Å². The highest BCUT2D eigenvalue weighted by Gasteiger charge is 2.32. The summed E-state index contributed by atoms with van der Waals surface area (Å²) in [4.78, 5) is 14.1. The molecule has 20 heavy (non-hydrogen) atoms. The minimum absolute atomic E-state index is 0.0167. The largest absolute Gasteiger partial charge is 0.355 e. The Balaban J connectivity index is 2.16. The maximum Gasteiger partial charge on any atom is 0.225 e. The molecular weight excluding hydrogens is 278 g/mol. The van der Waals surface area contributed by atoms with Crippen LogP contribution in [-0.4, -0.2) is 70.5 Å². The molecule has 0 aliphatic carbocycles. The van der Waals surface area contributed by atoms with E-state index < -0.39 is 9.84 Å². The predicted molar refractivity (Wildman–Crippen MR) is 80.4 cm³/mol. The number of rotatable bonds is 9. The summed E-state index contributed by atoms with van der Waals surface area (Å²) in [6, 6.07) is 0. The zero-order valence-corrected chi connectivity index (χ0v) is 13.5. The lowest BCUT2D eigenvalue weighted by atomic mass is 9.98. The Morgan fingerprint density at radius 3 is 2.40 bits per heavy atom. The molecule has 1 rings (SSSR count). The smallest absolute Gasteiger partial charge is 0.225 e. The van der Waals surface area contributed by atoms with Crippen LogP contribution in [0, 0.1) is 11.8 Å². The van der Waals surface area contributed by atoms with E-state index in [1.807, 2.05) is 0 Å². The van der Waals surface area contributed by atoms with Crippen molar-refractivity contribution in [2.75, 3.05) is 51.3 Å². The summed E-state index contributed by atoms with van der Waals surface area (Å²) >= 11 is 0. The van der Waals surface area contributed by atoms with Crippen LogP contribution in [-0.2, 0) is 14.6 Å². The number of likely N-dealkylation sites (tertiary alicyclic amines) is 1. The molecule has 6 nitrogen and oxygen atoms in total. The molecule has 0 unspecified atom stereocenters. The van der Waals surface area contributed by atoms with Gasteiger partial charge in [0.2, 0.25) is 5.91 Å². The summed E-state index contributed by atoms with van der Waals surface area (Å²) in [5.74, 6) is 0.743. The van der Waals surface area contributed by atoms with Crippen molar-refractivity contribution >= 4 is 15.7 Å². The van der Waals surface area contributed by atoms with E-state index in [1.165, 1.54) is 0 Å². The first-order chi connectivity index (χ1) is 9.34. The molecule has 7 heteroatoms. The second-order valence-corrected chi connectivity index (χ2v) is 8.16. The molecular formula is C13H27N3O3S. The molecule has 0 aromatic carbocycles. The van der Waals surface area contributed by atoms with Crippen LogP contribution in [0.15, 0.2) is 0 Å². The lowest BCUT2D eigenvalue weighted by Gasteiger charge is -2.39. The summed E-state index contributed by atoms with van der Waals surface area (Å²) in [7, 11) is -1.35. The van der Waals surface area contributed by atoms with E-state index in [0.717, 1.165) is 19.6 Å². The van der Waals surface area contributed by atoms with E-state index in [1.54, 1.807) is 7.05 Å². The number of carbonyl (C=O) groups is 1. The zero-order valence-electron chi connectivity index (χ0n) is 12.7. The lowest BCUT2D eigenvalue weighted by Crippen LogP contribution is -2.54. The molecule has 0 aromatic rings. The third-order valence-electron chi connectivity index (χ3n) is 3.33. The molecule has 0 aromatic heterocycles. The van der Waals surface area contributed by atoms with Crippen LogP contribution in [0.5, 0.6) is 0 Å². The van der Waals surface area contributed by atoms with Crippen LogP contribution in [0.3, 0.4) is 0 Å². The monoisotopic (exact) mass is 305 g/mol. The summed E-state index contributed by atoms with van der Waals surface area (Å²) in [6.45, 7) is 7.57. The van der Waals surface area contributed by atoms with Gasteiger partial charge < -0.3 is 15.5 Å². The second-order valence-electron chi connectivity index (χ2n) is 5.86. The number of nitrogens with one attached hydrogen (secondary N) is 2. The number of sulfone groups is 1. The minimum atomic E-state index is -3.07. The molecule has 0 spiro atoms. The van der Waals surface area contributed by atoms with Crippen LogP contribution >= 0.6 is 0 Å². The number of hydrogen-bond acceptors (Lipinski definition) is 5. The van der Waals surface area contributed by atoms with Crippen LogP contribution in [0.25, 0.3) is 0 Å². The summed E-state index contributed by atoms with van der Waals surface area (Å²) in [5.41, 5.74) is 0. The van der Waals surface area contributed by atoms with Crippen molar-refractivity contribution in [2.24, 2.45) is 11.8 Å². The van der Waals surface area contributed by atoms with Crippen LogP contribution in [0.4, 0.5) is 0 Å². The Bertz CT molecular complexity index is 403. The Kier molecular flexibility index (Phi) is 6.91. The Labute approximate surface area is 122 Å². The van der Waals surface area contributed by atoms with Gasteiger partial charge in [-0.2, -0.15) is 0 Å². The Morgan fingerprint density at radius 1 is 1.25 bits per heavy atom. The molecule has 118 valence electrons. The summed E-state index contributed by atoms with van der Waals surface area (Å²) in [5, 5.41) is 5.53. The quantitative estimate of drug-likeness (QED) is 0.590. The maximum absolute atomic E-state index is 11.8. The first-order valence-electron chi connectivity index (χ1n) is 7.19. The number of hydrogen-bond donors (Lipinski definition) is 2. The molecule has 1 aliphatic rings. The maximum atomic E-state index is 11.8. The van der Waals surface area contributed by atoms with E-state index in [9.17, 15) is 13.2 Å². The Hall–Kier alpha value is -0.660. The van der Waals surface area contributed by atoms with Gasteiger partial charge in [0.1, 0.15) is 0 Å². The van der Waals surface area contributed by atoms with Gasteiger partial charge in [0.15, 0.2) is 9.84 Å². The van der Waals surface area contributed by atoms with E-state index in [2.05, 4.69) is 29.4 Å². The fourth-order valence-corrected chi connectivity index (χ4v) is 3.37. The van der Waals surface area contributed by atoms with Crippen molar-refractivity contribution in [2.45, 2.75) is 13.8 Å². The summed E-state index contributed by atoms with van der Waals surface area (Å²) < 4.78 is 23.2. The first-order valence-corrected chi connectivity index (χ1v) is 9.01. The molecule has 0 bridgehead atoms. The molecule has 0 radical (unpaired) electrons. The zero-order chi connectivity index (χ0) is 15.2. The molecule has 1 aliphatic heterocycles. The molecule has 2 N–H and O–H groups in total. The first kappa shape index (κ1) is 17.4. The van der Waals surface area contributed by atoms with Crippen LogP contribution in [0.1, 0.15) is 13.8 Å². The van der Waals surface area contributed by atoms with Gasteiger partial charge in [-0.3, -0.25) is 4.79 Å². The van der Waals surface area contributed by atoms with Gasteiger partial charge in [0.25, 0.3) is 0 Å². The normalized spacial score (nSPS) is 17.2. The fraction of sp³-hybridized carbons (Fsp3) is 0.923. The standard InChI is InChI=1S/C13H27N3O3S/c1-11(2)8-16-9-12(10-16)13(17)15-5-7-20(18,19)6-4-14-3/h11-12,14H,4-10H2,1-3H3,(H,15,17). The predicted octanol–water partition coefficient (Wildman–Crippen LogP) is -0.675. The highest BCUT2D eigenvalue weighted by Crippen LogP contribution is 2.16. The van der Waals surface area contributed by atoms with E-state index in [4.69, 9.17) is 0 Å². The van der Waals surface area contributed by atoms with E-state index in [-0.39, 0.29) is 29.9 Å². The second kappa shape index (κ2) is 7.95. The third kappa shape index (κ3) is 6.19. The van der Waals surface area contributed by atoms with Crippen molar-refractivity contribution < 1.29 is 13.2 Å². The average Bonchev–Trinajstić information content (AvgIpc) is 2.30. The number of nitrogens with zero attached hydrogens (tertiary/aromatic N) is 1. The van der Waals surface area contributed by atoms with Crippen molar-refractivity contribution in [3.05, 3.63) is 0 Å². The highest BCUT2D eigenvalue weighted by atomic mass is 32.2. The van der Waals surface area contributed by atoms with Gasteiger partial charge in [-0.25, -0.2) is 8.42 Å². The van der Waals surface area contributed by atoms with Gasteiger partial charge in [0, 0.05) is 32.7 Å². The van der Waals surface area contributed by atoms with Crippen LogP contribution < -0.4 is 10.6 Å². The average molecular weight is 305 g/mol. The van der Waals surface area contributed by atoms with Gasteiger partial charge in [0.05, 0.1) is 17.4 Å². The van der Waals surface area contributed by atoms with E-state index >= 15 is 0 Å². The van der Waals surface area contributed by atoms with Crippen molar-refractivity contribution in [1.29, 1.82) is 0 Å². The molecule has 0 atom stereocenters.